The van der Waals surface area contributed by atoms with Crippen molar-refractivity contribution in [1.29, 1.82) is 0 Å². The minimum Gasteiger partial charge on any atom is -0.467 e. The number of nitrogens with one attached hydrogen (secondary N) is 1. The molecule has 144 valence electrons. The fourth-order valence-electron chi connectivity index (χ4n) is 3.91. The largest absolute Gasteiger partial charge is 0.467 e. The van der Waals surface area contributed by atoms with Gasteiger partial charge in [0.15, 0.2) is 5.15 Å². The maximum atomic E-state index is 13.6. The first-order valence-electron chi connectivity index (χ1n) is 8.87. The molecule has 1 N–H and O–H groups in total. The highest BCUT2D eigenvalue weighted by atomic mass is 79.9. The zero-order chi connectivity index (χ0) is 19.2. The van der Waals surface area contributed by atoms with Crippen LogP contribution in [0.5, 0.6) is 0 Å². The van der Waals surface area contributed by atoms with Crippen LogP contribution < -0.4 is 5.32 Å². The maximum Gasteiger partial charge on any atom is 0.248 e. The molecule has 1 aliphatic rings. The molecule has 0 saturated heterocycles. The lowest BCUT2D eigenvalue weighted by molar-refractivity contribution is -0.0383. The molecule has 0 unspecified atom stereocenters. The van der Waals surface area contributed by atoms with Crippen molar-refractivity contribution < 1.29 is 13.2 Å². The van der Waals surface area contributed by atoms with Crippen LogP contribution in [0.2, 0.25) is 5.15 Å². The van der Waals surface area contributed by atoms with Crippen LogP contribution in [0.3, 0.4) is 0 Å². The van der Waals surface area contributed by atoms with Crippen LogP contribution >= 0.6 is 27.5 Å². The highest BCUT2D eigenvalue weighted by Gasteiger charge is 2.37. The molecule has 3 aromatic heterocycles. The van der Waals surface area contributed by atoms with Gasteiger partial charge in [-0.05, 0) is 64.9 Å². The topological polar surface area (TPSA) is 42.5 Å². The van der Waals surface area contributed by atoms with Gasteiger partial charge in [0.2, 0.25) is 5.92 Å². The van der Waals surface area contributed by atoms with Gasteiger partial charge in [-0.1, -0.05) is 11.6 Å². The van der Waals surface area contributed by atoms with Crippen LogP contribution in [-0.4, -0.2) is 15.5 Å². The lowest BCUT2D eigenvalue weighted by Gasteiger charge is -2.28. The number of aromatic nitrogens is 2. The van der Waals surface area contributed by atoms with Crippen LogP contribution in [0.1, 0.15) is 48.5 Å². The van der Waals surface area contributed by atoms with Crippen LogP contribution in [0, 0.1) is 6.92 Å². The summed E-state index contributed by atoms with van der Waals surface area (Å²) in [6.45, 7) is 2.52. The highest BCUT2D eigenvalue weighted by Crippen LogP contribution is 2.46. The lowest BCUT2D eigenvalue weighted by atomic mass is 9.82. The maximum absolute atomic E-state index is 13.6. The summed E-state index contributed by atoms with van der Waals surface area (Å²) < 4.78 is 35.1. The molecule has 0 amide bonds. The molecule has 3 heterocycles. The Morgan fingerprint density at radius 2 is 2.15 bits per heavy atom. The predicted molar refractivity (Wildman–Crippen MR) is 105 cm³/mol. The smallest absolute Gasteiger partial charge is 0.248 e. The standard InChI is InChI=1S/C19H19BrClF2N3O/c1-11-16(12-4-6-19(22,23)7-5-12)18(20)26-17(11)14(9-15(21)25-26)24-10-13-3-2-8-27-13/h2-3,8-9,12,24H,4-7,10H2,1H3. The summed E-state index contributed by atoms with van der Waals surface area (Å²) in [5, 5.41) is 8.11. The Hall–Kier alpha value is -1.60. The molecule has 1 fully saturated rings. The summed E-state index contributed by atoms with van der Waals surface area (Å²) in [4.78, 5) is 0. The molecule has 4 rings (SSSR count). The number of furan rings is 1. The van der Waals surface area contributed by atoms with Crippen LogP contribution in [0.25, 0.3) is 5.52 Å². The number of hydrogen-bond donors (Lipinski definition) is 1. The fourth-order valence-corrected chi connectivity index (χ4v) is 4.97. The summed E-state index contributed by atoms with van der Waals surface area (Å²) in [6.07, 6.45) is 2.40. The second-order valence-electron chi connectivity index (χ2n) is 7.03. The van der Waals surface area contributed by atoms with Gasteiger partial charge in [0.1, 0.15) is 10.4 Å². The highest BCUT2D eigenvalue weighted by molar-refractivity contribution is 9.10. The molecule has 0 bridgehead atoms. The van der Waals surface area contributed by atoms with Crippen LogP contribution in [0.4, 0.5) is 14.5 Å². The van der Waals surface area contributed by atoms with E-state index in [1.54, 1.807) is 16.8 Å². The van der Waals surface area contributed by atoms with Gasteiger partial charge < -0.3 is 9.73 Å². The van der Waals surface area contributed by atoms with E-state index < -0.39 is 5.92 Å². The van der Waals surface area contributed by atoms with E-state index in [4.69, 9.17) is 16.0 Å². The number of alkyl halides is 2. The summed E-state index contributed by atoms with van der Waals surface area (Å²) in [6, 6.07) is 5.50. The first-order chi connectivity index (χ1) is 12.9. The number of aryl methyl sites for hydroxylation is 1. The molecular weight excluding hydrogens is 440 g/mol. The number of rotatable bonds is 4. The van der Waals surface area contributed by atoms with E-state index in [-0.39, 0.29) is 18.8 Å². The zero-order valence-electron chi connectivity index (χ0n) is 14.7. The van der Waals surface area contributed by atoms with E-state index in [1.165, 1.54) is 0 Å². The van der Waals surface area contributed by atoms with Gasteiger partial charge in [0, 0.05) is 18.9 Å². The molecule has 0 aliphatic heterocycles. The van der Waals surface area contributed by atoms with Crippen molar-refractivity contribution in [3.63, 3.8) is 0 Å². The van der Waals surface area contributed by atoms with Crippen molar-refractivity contribution in [2.75, 3.05) is 5.32 Å². The van der Waals surface area contributed by atoms with Gasteiger partial charge in [0.05, 0.1) is 24.0 Å². The molecule has 0 atom stereocenters. The number of halogens is 4. The van der Waals surface area contributed by atoms with E-state index >= 15 is 0 Å². The molecule has 4 nitrogen and oxygen atoms in total. The molecule has 0 aromatic carbocycles. The van der Waals surface area contributed by atoms with E-state index in [9.17, 15) is 8.78 Å². The summed E-state index contributed by atoms with van der Waals surface area (Å²) in [5.74, 6) is -1.66. The fraction of sp³-hybridized carbons (Fsp3) is 0.421. The van der Waals surface area contributed by atoms with Crippen molar-refractivity contribution in [2.45, 2.75) is 51.0 Å². The van der Waals surface area contributed by atoms with Crippen LogP contribution in [0.15, 0.2) is 33.5 Å². The molecule has 8 heteroatoms. The van der Waals surface area contributed by atoms with Gasteiger partial charge in [-0.3, -0.25) is 0 Å². The van der Waals surface area contributed by atoms with E-state index in [2.05, 4.69) is 26.3 Å². The monoisotopic (exact) mass is 457 g/mol. The Kier molecular flexibility index (Phi) is 4.93. The molecule has 3 aromatic rings. The number of fused-ring (bicyclic) bond motifs is 1. The van der Waals surface area contributed by atoms with Gasteiger partial charge in [-0.15, -0.1) is 0 Å². The molecule has 0 spiro atoms. The normalized spacial score (nSPS) is 17.5. The molecule has 1 saturated carbocycles. The van der Waals surface area contributed by atoms with Crippen LogP contribution in [-0.2, 0) is 6.54 Å². The van der Waals surface area contributed by atoms with Crippen molar-refractivity contribution >= 4 is 38.7 Å². The summed E-state index contributed by atoms with van der Waals surface area (Å²) >= 11 is 9.86. The average Bonchev–Trinajstić information content (AvgIpc) is 3.21. The quantitative estimate of drug-likeness (QED) is 0.481. The van der Waals surface area contributed by atoms with Crippen molar-refractivity contribution in [3.05, 3.63) is 51.1 Å². The Bertz CT molecular complexity index is 961. The van der Waals surface area contributed by atoms with E-state index in [1.807, 2.05) is 19.1 Å². The van der Waals surface area contributed by atoms with E-state index in [0.717, 1.165) is 32.7 Å². The third-order valence-electron chi connectivity index (χ3n) is 5.25. The van der Waals surface area contributed by atoms with Gasteiger partial charge >= 0.3 is 0 Å². The van der Waals surface area contributed by atoms with Gasteiger partial charge in [-0.2, -0.15) is 5.10 Å². The SMILES string of the molecule is Cc1c(C2CCC(F)(F)CC2)c(Br)n2nc(Cl)cc(NCc3ccco3)c12. The van der Waals surface area contributed by atoms with Crippen molar-refractivity contribution in [1.82, 2.24) is 9.61 Å². The number of anilines is 1. The Morgan fingerprint density at radius 3 is 2.81 bits per heavy atom. The molecule has 27 heavy (non-hydrogen) atoms. The Morgan fingerprint density at radius 1 is 1.41 bits per heavy atom. The lowest BCUT2D eigenvalue weighted by Crippen LogP contribution is -2.23. The van der Waals surface area contributed by atoms with Gasteiger partial charge in [0.25, 0.3) is 0 Å². The Balaban J connectivity index is 1.73. The second-order valence-corrected chi connectivity index (χ2v) is 8.17. The molecule has 1 aliphatic carbocycles. The van der Waals surface area contributed by atoms with E-state index in [0.29, 0.717) is 24.5 Å². The Labute approximate surface area is 169 Å². The number of nitrogens with zero attached hydrogens (tertiary/aromatic N) is 2. The third kappa shape index (κ3) is 3.59. The zero-order valence-corrected chi connectivity index (χ0v) is 17.1. The van der Waals surface area contributed by atoms with Gasteiger partial charge in [-0.25, -0.2) is 13.3 Å². The minimum absolute atomic E-state index is 0.0759. The second kappa shape index (κ2) is 7.09. The molecular formula is C19H19BrClF2N3O. The third-order valence-corrected chi connectivity index (χ3v) is 6.20. The predicted octanol–water partition coefficient (Wildman–Crippen LogP) is 6.56. The first kappa shape index (κ1) is 18.7. The van der Waals surface area contributed by atoms with Crippen molar-refractivity contribution in [2.24, 2.45) is 0 Å². The summed E-state index contributed by atoms with van der Waals surface area (Å²) in [5.41, 5.74) is 3.80. The first-order valence-corrected chi connectivity index (χ1v) is 10.0. The van der Waals surface area contributed by atoms with Crippen molar-refractivity contribution in [3.8, 4) is 0 Å². The molecule has 0 radical (unpaired) electrons. The summed E-state index contributed by atoms with van der Waals surface area (Å²) in [7, 11) is 0. The minimum atomic E-state index is -2.55. The number of hydrogen-bond acceptors (Lipinski definition) is 3. The average molecular weight is 459 g/mol.